The highest BCUT2D eigenvalue weighted by Gasteiger charge is 2.07. The van der Waals surface area contributed by atoms with E-state index in [1.807, 2.05) is 23.0 Å². The lowest BCUT2D eigenvalue weighted by atomic mass is 10.3. The zero-order valence-corrected chi connectivity index (χ0v) is 12.7. The summed E-state index contributed by atoms with van der Waals surface area (Å²) in [6.07, 6.45) is 6.05. The molecule has 110 valence electrons. The third kappa shape index (κ3) is 3.13. The molecule has 0 saturated carbocycles. The van der Waals surface area contributed by atoms with Crippen LogP contribution in [0.2, 0.25) is 0 Å². The number of hydrogen-bond donors (Lipinski definition) is 1. The van der Waals surface area contributed by atoms with E-state index in [4.69, 9.17) is 0 Å². The summed E-state index contributed by atoms with van der Waals surface area (Å²) < 4.78 is 4.10. The largest absolute Gasteiger partial charge is 0.307 e. The second kappa shape index (κ2) is 5.69. The highest BCUT2D eigenvalue weighted by atomic mass is 15.3. The first-order valence-electron chi connectivity index (χ1n) is 7.28. The van der Waals surface area contributed by atoms with Gasteiger partial charge in [-0.05, 0) is 38.5 Å². The second-order valence-electron chi connectivity index (χ2n) is 5.65. The van der Waals surface area contributed by atoms with Crippen LogP contribution in [0.25, 0.3) is 5.65 Å². The fourth-order valence-electron chi connectivity index (χ4n) is 2.47. The van der Waals surface area contributed by atoms with Crippen LogP contribution in [-0.2, 0) is 13.1 Å². The molecule has 1 atom stereocenters. The summed E-state index contributed by atoms with van der Waals surface area (Å²) >= 11 is 0. The Hall–Kier alpha value is -2.14. The van der Waals surface area contributed by atoms with Crippen LogP contribution in [0.5, 0.6) is 0 Å². The van der Waals surface area contributed by atoms with Crippen molar-refractivity contribution in [3.63, 3.8) is 0 Å². The van der Waals surface area contributed by atoms with Crippen LogP contribution in [0.3, 0.4) is 0 Å². The molecule has 0 unspecified atom stereocenters. The maximum atomic E-state index is 4.63. The van der Waals surface area contributed by atoms with Gasteiger partial charge < -0.3 is 9.72 Å². The molecule has 3 aromatic heterocycles. The minimum Gasteiger partial charge on any atom is -0.307 e. The number of rotatable bonds is 5. The standard InChI is InChI=1S/C16H21N5/c1-12-7-18-20(9-12)10-13(2)17-8-15-11-21-14(3)5-4-6-16(21)19-15/h4-7,9,11,13,17H,8,10H2,1-3H3/t13-/m1/s1. The molecular weight excluding hydrogens is 262 g/mol. The first kappa shape index (κ1) is 13.8. The molecule has 3 aromatic rings. The lowest BCUT2D eigenvalue weighted by Gasteiger charge is -2.12. The normalized spacial score (nSPS) is 12.9. The number of nitrogens with one attached hydrogen (secondary N) is 1. The van der Waals surface area contributed by atoms with Crippen LogP contribution in [0, 0.1) is 13.8 Å². The van der Waals surface area contributed by atoms with Gasteiger partial charge in [-0.25, -0.2) is 4.98 Å². The summed E-state index contributed by atoms with van der Waals surface area (Å²) in [5.41, 5.74) is 4.46. The molecule has 0 amide bonds. The fraction of sp³-hybridized carbons (Fsp3) is 0.375. The second-order valence-corrected chi connectivity index (χ2v) is 5.65. The molecule has 0 radical (unpaired) electrons. The number of aromatic nitrogens is 4. The minimum absolute atomic E-state index is 0.343. The van der Waals surface area contributed by atoms with Gasteiger partial charge in [-0.2, -0.15) is 5.10 Å². The topological polar surface area (TPSA) is 47.2 Å². The summed E-state index contributed by atoms with van der Waals surface area (Å²) in [4.78, 5) is 4.63. The summed E-state index contributed by atoms with van der Waals surface area (Å²) in [5.74, 6) is 0. The van der Waals surface area contributed by atoms with Gasteiger partial charge >= 0.3 is 0 Å². The molecule has 5 nitrogen and oxygen atoms in total. The van der Waals surface area contributed by atoms with E-state index in [0.717, 1.165) is 24.4 Å². The zero-order valence-electron chi connectivity index (χ0n) is 12.7. The van der Waals surface area contributed by atoms with E-state index in [-0.39, 0.29) is 0 Å². The van der Waals surface area contributed by atoms with Gasteiger partial charge in [0.1, 0.15) is 5.65 Å². The SMILES string of the molecule is Cc1cnn(C[C@@H](C)NCc2cn3c(C)cccc3n2)c1. The van der Waals surface area contributed by atoms with E-state index in [1.54, 1.807) is 0 Å². The Morgan fingerprint density at radius 2 is 2.10 bits per heavy atom. The molecule has 21 heavy (non-hydrogen) atoms. The predicted molar refractivity (Wildman–Crippen MR) is 83.2 cm³/mol. The molecule has 0 spiro atoms. The van der Waals surface area contributed by atoms with Crippen LogP contribution >= 0.6 is 0 Å². The summed E-state index contributed by atoms with van der Waals surface area (Å²) in [6, 6.07) is 6.51. The van der Waals surface area contributed by atoms with Gasteiger partial charge in [0.15, 0.2) is 0 Å². The van der Waals surface area contributed by atoms with Gasteiger partial charge in [0.05, 0.1) is 18.4 Å². The highest BCUT2D eigenvalue weighted by Crippen LogP contribution is 2.08. The van der Waals surface area contributed by atoms with Gasteiger partial charge in [0.2, 0.25) is 0 Å². The van der Waals surface area contributed by atoms with E-state index in [2.05, 4.69) is 59.0 Å². The summed E-state index contributed by atoms with van der Waals surface area (Å²) in [7, 11) is 0. The van der Waals surface area contributed by atoms with Gasteiger partial charge in [0, 0.05) is 30.7 Å². The highest BCUT2D eigenvalue weighted by molar-refractivity contribution is 5.41. The van der Waals surface area contributed by atoms with E-state index in [0.29, 0.717) is 6.04 Å². The monoisotopic (exact) mass is 283 g/mol. The summed E-state index contributed by atoms with van der Waals surface area (Å²) in [5, 5.41) is 7.81. The first-order chi connectivity index (χ1) is 10.1. The van der Waals surface area contributed by atoms with Crippen molar-refractivity contribution in [1.82, 2.24) is 24.5 Å². The molecule has 0 saturated heterocycles. The van der Waals surface area contributed by atoms with Crippen molar-refractivity contribution in [2.45, 2.75) is 39.9 Å². The van der Waals surface area contributed by atoms with Crippen LogP contribution in [-0.4, -0.2) is 25.2 Å². The maximum absolute atomic E-state index is 4.63. The van der Waals surface area contributed by atoms with Crippen molar-refractivity contribution >= 4 is 5.65 Å². The van der Waals surface area contributed by atoms with Crippen LogP contribution in [0.1, 0.15) is 23.9 Å². The molecule has 1 N–H and O–H groups in total. The quantitative estimate of drug-likeness (QED) is 0.781. The average molecular weight is 283 g/mol. The van der Waals surface area contributed by atoms with Gasteiger partial charge in [-0.15, -0.1) is 0 Å². The van der Waals surface area contributed by atoms with Crippen LogP contribution in [0.4, 0.5) is 0 Å². The number of imidazole rings is 1. The third-order valence-corrected chi connectivity index (χ3v) is 3.60. The van der Waals surface area contributed by atoms with Gasteiger partial charge in [-0.1, -0.05) is 6.07 Å². The number of aryl methyl sites for hydroxylation is 2. The number of hydrogen-bond acceptors (Lipinski definition) is 3. The van der Waals surface area contributed by atoms with Crippen molar-refractivity contribution in [3.8, 4) is 0 Å². The fourth-order valence-corrected chi connectivity index (χ4v) is 2.47. The zero-order chi connectivity index (χ0) is 14.8. The molecule has 5 heteroatoms. The number of fused-ring (bicyclic) bond motifs is 1. The number of nitrogens with zero attached hydrogens (tertiary/aromatic N) is 4. The van der Waals surface area contributed by atoms with E-state index < -0.39 is 0 Å². The van der Waals surface area contributed by atoms with Gasteiger partial charge in [-0.3, -0.25) is 4.68 Å². The van der Waals surface area contributed by atoms with Gasteiger partial charge in [0.25, 0.3) is 0 Å². The maximum Gasteiger partial charge on any atom is 0.137 e. The van der Waals surface area contributed by atoms with E-state index in [1.165, 1.54) is 11.3 Å². The molecule has 0 aliphatic carbocycles. The Bertz CT molecular complexity index is 740. The molecule has 3 heterocycles. The Balaban J connectivity index is 1.62. The van der Waals surface area contributed by atoms with Crippen molar-refractivity contribution in [1.29, 1.82) is 0 Å². The average Bonchev–Trinajstić information content (AvgIpc) is 3.03. The van der Waals surface area contributed by atoms with Crippen LogP contribution < -0.4 is 5.32 Å². The minimum atomic E-state index is 0.343. The summed E-state index contributed by atoms with van der Waals surface area (Å²) in [6.45, 7) is 7.94. The molecule has 0 aromatic carbocycles. The molecule has 0 fully saturated rings. The molecule has 0 aliphatic rings. The first-order valence-corrected chi connectivity index (χ1v) is 7.28. The van der Waals surface area contributed by atoms with Crippen molar-refractivity contribution in [2.24, 2.45) is 0 Å². The Kier molecular flexibility index (Phi) is 3.75. The molecular formula is C16H21N5. The molecule has 0 aliphatic heterocycles. The van der Waals surface area contributed by atoms with Crippen molar-refractivity contribution in [3.05, 3.63) is 53.7 Å². The third-order valence-electron chi connectivity index (χ3n) is 3.60. The Labute approximate surface area is 124 Å². The lowest BCUT2D eigenvalue weighted by Crippen LogP contribution is -2.30. The van der Waals surface area contributed by atoms with Crippen LogP contribution in [0.15, 0.2) is 36.8 Å². The van der Waals surface area contributed by atoms with E-state index >= 15 is 0 Å². The Morgan fingerprint density at radius 1 is 1.24 bits per heavy atom. The smallest absolute Gasteiger partial charge is 0.137 e. The molecule has 3 rings (SSSR count). The van der Waals surface area contributed by atoms with E-state index in [9.17, 15) is 0 Å². The molecule has 0 bridgehead atoms. The Morgan fingerprint density at radius 3 is 2.81 bits per heavy atom. The lowest BCUT2D eigenvalue weighted by molar-refractivity contribution is 0.449. The number of pyridine rings is 1. The van der Waals surface area contributed by atoms with Crippen molar-refractivity contribution < 1.29 is 0 Å². The predicted octanol–water partition coefficient (Wildman–Crippen LogP) is 2.33. The van der Waals surface area contributed by atoms with Crippen molar-refractivity contribution in [2.75, 3.05) is 0 Å².